The number of likely N-dealkylation sites (N-methyl/N-ethyl adjacent to an activating group) is 2. The molecule has 0 aliphatic rings. The van der Waals surface area contributed by atoms with Crippen molar-refractivity contribution >= 4 is 34.6 Å². The second kappa shape index (κ2) is 16.1. The summed E-state index contributed by atoms with van der Waals surface area (Å²) in [6, 6.07) is 30.6. The van der Waals surface area contributed by atoms with Crippen LogP contribution in [0.1, 0.15) is 33.5 Å². The summed E-state index contributed by atoms with van der Waals surface area (Å²) in [6.45, 7) is 3.64. The largest absolute Gasteiger partial charge is 0.395 e. The zero-order valence-corrected chi connectivity index (χ0v) is 27.5. The van der Waals surface area contributed by atoms with Crippen LogP contribution in [0, 0.1) is 0 Å². The van der Waals surface area contributed by atoms with Gasteiger partial charge >= 0.3 is 0 Å². The van der Waals surface area contributed by atoms with E-state index in [4.69, 9.17) is 16.6 Å². The van der Waals surface area contributed by atoms with E-state index in [0.29, 0.717) is 42.9 Å². The van der Waals surface area contributed by atoms with E-state index in [1.165, 1.54) is 10.9 Å². The highest BCUT2D eigenvalue weighted by Crippen LogP contribution is 2.23. The summed E-state index contributed by atoms with van der Waals surface area (Å²) in [5.74, 6) is -0.293. The predicted octanol–water partition coefficient (Wildman–Crippen LogP) is 4.46. The van der Waals surface area contributed by atoms with Gasteiger partial charge in [-0.3, -0.25) is 9.59 Å². The van der Waals surface area contributed by atoms with E-state index in [1.54, 1.807) is 17.0 Å². The number of anilines is 2. The molecule has 6 aromatic rings. The molecule has 0 atom stereocenters. The Bertz CT molecular complexity index is 2020. The van der Waals surface area contributed by atoms with Gasteiger partial charge in [0.15, 0.2) is 0 Å². The summed E-state index contributed by atoms with van der Waals surface area (Å²) in [5, 5.41) is 10.3. The fourth-order valence-corrected chi connectivity index (χ4v) is 5.19. The molecule has 3 aromatic heterocycles. The number of primary amides is 2. The Morgan fingerprint density at radius 2 is 1.27 bits per heavy atom. The number of fused-ring (bicyclic) bond motifs is 1. The van der Waals surface area contributed by atoms with Gasteiger partial charge in [0.25, 0.3) is 11.8 Å². The molecule has 3 heterocycles. The third-order valence-electron chi connectivity index (χ3n) is 7.84. The van der Waals surface area contributed by atoms with Gasteiger partial charge in [0.1, 0.15) is 11.4 Å². The molecule has 6 N–H and O–H groups in total. The van der Waals surface area contributed by atoms with E-state index >= 15 is 0 Å². The number of carbonyl (C=O) groups excluding carboxylic acids is 2. The Kier molecular flexibility index (Phi) is 11.2. The first-order valence-corrected chi connectivity index (χ1v) is 15.9. The second-order valence-corrected chi connectivity index (χ2v) is 11.2. The molecular formula is C37H39N9O3. The highest BCUT2D eigenvalue weighted by molar-refractivity contribution is 5.93. The monoisotopic (exact) mass is 657 g/mol. The number of hydrogen-bond acceptors (Lipinski definition) is 9. The molecule has 12 heteroatoms. The molecule has 2 amide bonds. The van der Waals surface area contributed by atoms with Crippen molar-refractivity contribution in [2.24, 2.45) is 11.5 Å². The summed E-state index contributed by atoms with van der Waals surface area (Å²) >= 11 is 0. The van der Waals surface area contributed by atoms with E-state index in [-0.39, 0.29) is 18.0 Å². The molecule has 3 aromatic carbocycles. The maximum absolute atomic E-state index is 11.8. The van der Waals surface area contributed by atoms with Crippen molar-refractivity contribution in [1.29, 1.82) is 0 Å². The number of nitrogens with one attached hydrogen (secondary N) is 1. The number of H-pyrrole nitrogens is 1. The third kappa shape index (κ3) is 8.62. The van der Waals surface area contributed by atoms with Crippen LogP contribution in [0.2, 0.25) is 0 Å². The van der Waals surface area contributed by atoms with Gasteiger partial charge in [-0.25, -0.2) is 19.9 Å². The van der Waals surface area contributed by atoms with Gasteiger partial charge in [-0.05, 0) is 37.1 Å². The van der Waals surface area contributed by atoms with Crippen molar-refractivity contribution in [1.82, 2.24) is 24.9 Å². The van der Waals surface area contributed by atoms with E-state index in [2.05, 4.69) is 37.1 Å². The van der Waals surface area contributed by atoms with E-state index in [9.17, 15) is 9.59 Å². The maximum Gasteiger partial charge on any atom is 0.267 e. The van der Waals surface area contributed by atoms with Crippen LogP contribution in [0.25, 0.3) is 33.4 Å². The maximum atomic E-state index is 11.8. The number of amides is 2. The van der Waals surface area contributed by atoms with Crippen LogP contribution in [-0.2, 0) is 6.42 Å². The van der Waals surface area contributed by atoms with E-state index < -0.39 is 11.8 Å². The number of aliphatic hydroxyl groups is 1. The van der Waals surface area contributed by atoms with Crippen LogP contribution in [0.5, 0.6) is 0 Å². The molecule has 6 rings (SSSR count). The quantitative estimate of drug-likeness (QED) is 0.148. The molecule has 0 aliphatic heterocycles. The minimum atomic E-state index is -0.601. The summed E-state index contributed by atoms with van der Waals surface area (Å²) in [4.78, 5) is 47.9. The molecule has 250 valence electrons. The molecule has 0 bridgehead atoms. The lowest BCUT2D eigenvalue weighted by atomic mass is 10.1. The summed E-state index contributed by atoms with van der Waals surface area (Å²) in [6.07, 6.45) is 2.86. The van der Waals surface area contributed by atoms with Crippen LogP contribution in [0.15, 0.2) is 103 Å². The Hall–Kier alpha value is -6.14. The predicted molar refractivity (Wildman–Crippen MR) is 192 cm³/mol. The fourth-order valence-electron chi connectivity index (χ4n) is 5.19. The van der Waals surface area contributed by atoms with Gasteiger partial charge < -0.3 is 31.4 Å². The SMILES string of the molecule is CCN(CCO)c1nc(C(N)=O)cc(-c2ccccc2)n1.CN(CCc1c[nH]c2ccccc12)c1nc(C(N)=O)cc(-c2ccccc2)n1. The zero-order valence-electron chi connectivity index (χ0n) is 27.5. The van der Waals surface area contributed by atoms with Crippen molar-refractivity contribution in [2.45, 2.75) is 13.3 Å². The number of hydrogen-bond donors (Lipinski definition) is 4. The summed E-state index contributed by atoms with van der Waals surface area (Å²) in [7, 11) is 1.92. The number of nitrogens with two attached hydrogens (primary N) is 2. The van der Waals surface area contributed by atoms with E-state index in [0.717, 1.165) is 23.1 Å². The fraction of sp³-hybridized carbons (Fsp3) is 0.189. The number of rotatable bonds is 12. The first-order chi connectivity index (χ1) is 23.8. The van der Waals surface area contributed by atoms with Crippen molar-refractivity contribution in [3.63, 3.8) is 0 Å². The molecule has 0 saturated carbocycles. The number of nitrogens with zero attached hydrogens (tertiary/aromatic N) is 6. The molecule has 0 spiro atoms. The topological polar surface area (TPSA) is 180 Å². The summed E-state index contributed by atoms with van der Waals surface area (Å²) < 4.78 is 0. The van der Waals surface area contributed by atoms with Crippen LogP contribution in [0.3, 0.4) is 0 Å². The smallest absolute Gasteiger partial charge is 0.267 e. The Labute approximate surface area is 284 Å². The second-order valence-electron chi connectivity index (χ2n) is 11.2. The molecule has 0 saturated heterocycles. The zero-order chi connectivity index (χ0) is 34.8. The van der Waals surface area contributed by atoms with Crippen molar-refractivity contribution in [3.05, 3.63) is 120 Å². The molecule has 12 nitrogen and oxygen atoms in total. The molecule has 0 aliphatic carbocycles. The molecule has 0 unspecified atom stereocenters. The lowest BCUT2D eigenvalue weighted by molar-refractivity contribution is 0.0987. The molecule has 0 radical (unpaired) electrons. The standard InChI is InChI=1S/C22H21N5O.C15H18N4O2/c1-27(12-11-16-14-24-18-10-6-5-9-17(16)18)22-25-19(13-20(26-22)21(23)28)15-7-3-2-4-8-15;1-2-19(8-9-20)15-17-12(10-13(18-15)14(16)21)11-6-4-3-5-7-11/h2-10,13-14,24H,11-12H2,1H3,(H2,23,28);3-7,10,20H,2,8-9H2,1H3,(H2,16,21). The Morgan fingerprint density at radius 3 is 1.82 bits per heavy atom. The van der Waals surface area contributed by atoms with Gasteiger partial charge in [-0.2, -0.15) is 0 Å². The van der Waals surface area contributed by atoms with Crippen molar-refractivity contribution in [2.75, 3.05) is 43.1 Å². The lowest BCUT2D eigenvalue weighted by Gasteiger charge is -2.20. The number of benzene rings is 3. The first-order valence-electron chi connectivity index (χ1n) is 15.9. The molecule has 0 fully saturated rings. The van der Waals surface area contributed by atoms with Crippen LogP contribution in [0.4, 0.5) is 11.9 Å². The molecule has 49 heavy (non-hydrogen) atoms. The van der Waals surface area contributed by atoms with Gasteiger partial charge in [0.2, 0.25) is 11.9 Å². The number of aromatic amines is 1. The van der Waals surface area contributed by atoms with Gasteiger partial charge in [0, 0.05) is 54.9 Å². The minimum Gasteiger partial charge on any atom is -0.395 e. The Balaban J connectivity index is 0.000000200. The average molecular weight is 658 g/mol. The summed E-state index contributed by atoms with van der Waals surface area (Å²) in [5.41, 5.74) is 16.7. The number of para-hydroxylation sites is 1. The number of carbonyl (C=O) groups is 2. The number of aromatic nitrogens is 5. The molecular weight excluding hydrogens is 618 g/mol. The third-order valence-corrected chi connectivity index (χ3v) is 7.84. The first kappa shape index (κ1) is 34.2. The van der Waals surface area contributed by atoms with Gasteiger partial charge in [-0.1, -0.05) is 78.9 Å². The highest BCUT2D eigenvalue weighted by atomic mass is 16.3. The van der Waals surface area contributed by atoms with Crippen molar-refractivity contribution in [3.8, 4) is 22.5 Å². The van der Waals surface area contributed by atoms with Crippen LogP contribution in [-0.4, -0.2) is 75.1 Å². The normalized spacial score (nSPS) is 10.7. The van der Waals surface area contributed by atoms with E-state index in [1.807, 2.05) is 97.9 Å². The van der Waals surface area contributed by atoms with Gasteiger partial charge in [0.05, 0.1) is 18.0 Å². The lowest BCUT2D eigenvalue weighted by Crippen LogP contribution is -2.29. The highest BCUT2D eigenvalue weighted by Gasteiger charge is 2.16. The Morgan fingerprint density at radius 1 is 0.735 bits per heavy atom. The minimum absolute atomic E-state index is 0.0152. The average Bonchev–Trinajstić information content (AvgIpc) is 3.56. The van der Waals surface area contributed by atoms with Crippen LogP contribution < -0.4 is 21.3 Å². The number of aliphatic hydroxyl groups excluding tert-OH is 1. The van der Waals surface area contributed by atoms with Crippen molar-refractivity contribution < 1.29 is 14.7 Å². The van der Waals surface area contributed by atoms with Crippen LogP contribution >= 0.6 is 0 Å². The van der Waals surface area contributed by atoms with Gasteiger partial charge in [-0.15, -0.1) is 0 Å².